The van der Waals surface area contributed by atoms with Crippen molar-refractivity contribution >= 4 is 35.5 Å². The van der Waals surface area contributed by atoms with Gasteiger partial charge in [0, 0.05) is 0 Å². The van der Waals surface area contributed by atoms with Gasteiger partial charge in [-0.1, -0.05) is 24.8 Å². The molecule has 1 N–H and O–H groups in total. The Morgan fingerprint density at radius 2 is 2.25 bits per heavy atom. The molecule has 5 heteroatoms. The van der Waals surface area contributed by atoms with E-state index in [0.717, 1.165) is 0 Å². The molecule has 63 valence electrons. The Balaban J connectivity index is 2.74. The summed E-state index contributed by atoms with van der Waals surface area (Å²) in [6.45, 7) is 0. The molecule has 1 atom stereocenters. The summed E-state index contributed by atoms with van der Waals surface area (Å²) < 4.78 is 0. The predicted octanol–water partition coefficient (Wildman–Crippen LogP) is 0.579. The number of nitrogens with one attached hydrogen (secondary N) is 1. The summed E-state index contributed by atoms with van der Waals surface area (Å²) in [5, 5.41) is 1.81. The number of allylic oxidation sites excluding steroid dienone is 2. The first-order valence-electron chi connectivity index (χ1n) is 3.20. The molecule has 12 heavy (non-hydrogen) atoms. The van der Waals surface area contributed by atoms with E-state index in [1.807, 2.05) is 0 Å². The minimum absolute atomic E-state index is 0.295. The second-order valence-electron chi connectivity index (χ2n) is 2.21. The molecule has 1 rings (SSSR count). The Morgan fingerprint density at radius 1 is 1.58 bits per heavy atom. The Bertz CT molecular complexity index is 283. The summed E-state index contributed by atoms with van der Waals surface area (Å²) in [5.41, 5.74) is 0.295. The summed E-state index contributed by atoms with van der Waals surface area (Å²) >= 11 is 8.02. The maximum atomic E-state index is 10.7. The van der Waals surface area contributed by atoms with Crippen LogP contribution in [0, 0.1) is 0 Å². The van der Waals surface area contributed by atoms with Gasteiger partial charge in [-0.25, -0.2) is 0 Å². The lowest BCUT2D eigenvalue weighted by Gasteiger charge is -2.15. The Labute approximate surface area is 80.7 Å². The van der Waals surface area contributed by atoms with Gasteiger partial charge < -0.3 is 5.32 Å². The average molecular weight is 200 g/mol. The van der Waals surface area contributed by atoms with Crippen LogP contribution in [0.25, 0.3) is 0 Å². The van der Waals surface area contributed by atoms with Gasteiger partial charge in [0.15, 0.2) is 0 Å². The number of hydrogen-bond donors (Lipinski definition) is 2. The molecule has 0 amide bonds. The molecule has 0 aromatic rings. The highest BCUT2D eigenvalue weighted by atomic mass is 32.1. The molecule has 0 saturated carbocycles. The van der Waals surface area contributed by atoms with Crippen molar-refractivity contribution in [3.05, 3.63) is 23.9 Å². The summed E-state index contributed by atoms with van der Waals surface area (Å²) in [6, 6.07) is -0.573. The van der Waals surface area contributed by atoms with Crippen LogP contribution in [-0.2, 0) is 9.59 Å². The lowest BCUT2D eigenvalue weighted by molar-refractivity contribution is -0.111. The fourth-order valence-electron chi connectivity index (χ4n) is 0.797. The lowest BCUT2D eigenvalue weighted by atomic mass is 10.2. The van der Waals surface area contributed by atoms with Crippen molar-refractivity contribution in [2.45, 2.75) is 6.04 Å². The van der Waals surface area contributed by atoms with Crippen molar-refractivity contribution in [1.82, 2.24) is 5.32 Å². The predicted molar refractivity (Wildman–Crippen MR) is 50.7 cm³/mol. The first-order valence-corrected chi connectivity index (χ1v) is 4.06. The smallest absolute Gasteiger partial charge is 0.244 e. The molecule has 3 nitrogen and oxygen atoms in total. The molecule has 1 radical (unpaired) electrons. The van der Waals surface area contributed by atoms with Gasteiger partial charge >= 0.3 is 0 Å². The minimum Gasteiger partial charge on any atom is -0.367 e. The molecule has 0 bridgehead atoms. The number of thiol groups is 1. The van der Waals surface area contributed by atoms with Crippen LogP contribution in [0.5, 0.6) is 0 Å². The van der Waals surface area contributed by atoms with Crippen LogP contribution in [0.15, 0.2) is 23.9 Å². The number of rotatable bonds is 2. The zero-order valence-electron chi connectivity index (χ0n) is 5.98. The number of carbonyl (C=O) groups is 2. The number of hydrogen-bond acceptors (Lipinski definition) is 3. The van der Waals surface area contributed by atoms with E-state index in [1.54, 1.807) is 18.2 Å². The average Bonchev–Trinajstić information content (AvgIpc) is 2.04. The standard InChI is InChI=1S/C7H6NO2S2/c9-6(11)4-2-1-3-5(8-4)7(10)12/h1-4,8H,(H,10,12). The lowest BCUT2D eigenvalue weighted by Crippen LogP contribution is -2.35. The third-order valence-electron chi connectivity index (χ3n) is 1.36. The maximum absolute atomic E-state index is 10.7. The van der Waals surface area contributed by atoms with Gasteiger partial charge in [0.1, 0.15) is 6.04 Å². The van der Waals surface area contributed by atoms with E-state index in [2.05, 4.69) is 30.6 Å². The van der Waals surface area contributed by atoms with Crippen LogP contribution in [-0.4, -0.2) is 16.3 Å². The van der Waals surface area contributed by atoms with Crippen molar-refractivity contribution in [1.29, 1.82) is 0 Å². The van der Waals surface area contributed by atoms with E-state index < -0.39 is 16.3 Å². The zero-order chi connectivity index (χ0) is 9.14. The van der Waals surface area contributed by atoms with Gasteiger partial charge in [0.05, 0.1) is 5.70 Å². The summed E-state index contributed by atoms with van der Waals surface area (Å²) in [6.07, 6.45) is 4.74. The largest absolute Gasteiger partial charge is 0.367 e. The van der Waals surface area contributed by atoms with Crippen molar-refractivity contribution < 1.29 is 9.59 Å². The number of dihydropyridines is 1. The van der Waals surface area contributed by atoms with Crippen LogP contribution >= 0.6 is 25.3 Å². The minimum atomic E-state index is -0.573. The van der Waals surface area contributed by atoms with Crippen LogP contribution < -0.4 is 5.32 Å². The first kappa shape index (κ1) is 9.28. The fourth-order valence-corrected chi connectivity index (χ4v) is 1.07. The van der Waals surface area contributed by atoms with E-state index in [1.165, 1.54) is 0 Å². The molecule has 0 fully saturated rings. The molecule has 1 unspecified atom stereocenters. The zero-order valence-corrected chi connectivity index (χ0v) is 7.69. The van der Waals surface area contributed by atoms with Crippen molar-refractivity contribution in [3.63, 3.8) is 0 Å². The van der Waals surface area contributed by atoms with E-state index in [9.17, 15) is 9.59 Å². The van der Waals surface area contributed by atoms with E-state index in [0.29, 0.717) is 5.70 Å². The quantitative estimate of drug-likeness (QED) is 0.641. The maximum Gasteiger partial charge on any atom is 0.244 e. The highest BCUT2D eigenvalue weighted by Crippen LogP contribution is 2.06. The van der Waals surface area contributed by atoms with E-state index in [4.69, 9.17) is 0 Å². The summed E-state index contributed by atoms with van der Waals surface area (Å²) in [4.78, 5) is 21.4. The fraction of sp³-hybridized carbons (Fsp3) is 0.143. The first-order chi connectivity index (χ1) is 5.61. The third kappa shape index (κ3) is 2.09. The second-order valence-corrected chi connectivity index (χ2v) is 3.02. The Morgan fingerprint density at radius 3 is 2.75 bits per heavy atom. The Hall–Kier alpha value is -0.810. The van der Waals surface area contributed by atoms with Gasteiger partial charge in [-0.2, -0.15) is 0 Å². The molecule has 0 spiro atoms. The van der Waals surface area contributed by atoms with E-state index in [-0.39, 0.29) is 0 Å². The van der Waals surface area contributed by atoms with Gasteiger partial charge in [0.25, 0.3) is 0 Å². The van der Waals surface area contributed by atoms with Crippen molar-refractivity contribution in [2.24, 2.45) is 0 Å². The SMILES string of the molecule is O=C(S)C1=CC=CC(C(=O)[S])N1. The molecule has 0 aromatic carbocycles. The topological polar surface area (TPSA) is 46.2 Å². The molecule has 0 saturated heterocycles. The van der Waals surface area contributed by atoms with Crippen molar-refractivity contribution in [2.75, 3.05) is 0 Å². The second kappa shape index (κ2) is 3.73. The Kier molecular flexibility index (Phi) is 2.88. The van der Waals surface area contributed by atoms with Crippen LogP contribution in [0.2, 0.25) is 0 Å². The molecule has 1 aliphatic heterocycles. The highest BCUT2D eigenvalue weighted by molar-refractivity contribution is 7.97. The van der Waals surface area contributed by atoms with E-state index >= 15 is 0 Å². The molecule has 0 aliphatic carbocycles. The van der Waals surface area contributed by atoms with Crippen LogP contribution in [0.3, 0.4) is 0 Å². The van der Waals surface area contributed by atoms with Gasteiger partial charge in [-0.15, -0.1) is 0 Å². The molecular weight excluding hydrogens is 194 g/mol. The molecular formula is C7H6NO2S2. The molecule has 1 aliphatic rings. The van der Waals surface area contributed by atoms with Crippen LogP contribution in [0.4, 0.5) is 0 Å². The van der Waals surface area contributed by atoms with Crippen LogP contribution in [0.1, 0.15) is 0 Å². The summed E-state index contributed by atoms with van der Waals surface area (Å²) in [5.74, 6) is 0. The normalized spacial score (nSPS) is 21.1. The summed E-state index contributed by atoms with van der Waals surface area (Å²) in [7, 11) is 0. The highest BCUT2D eigenvalue weighted by Gasteiger charge is 2.17. The van der Waals surface area contributed by atoms with Gasteiger partial charge in [-0.3, -0.25) is 9.59 Å². The third-order valence-corrected chi connectivity index (χ3v) is 1.86. The number of carbonyl (C=O) groups excluding carboxylic acids is 2. The molecule has 1 heterocycles. The van der Waals surface area contributed by atoms with Gasteiger partial charge in [0.2, 0.25) is 10.2 Å². The monoisotopic (exact) mass is 200 g/mol. The molecule has 0 aromatic heterocycles. The van der Waals surface area contributed by atoms with Gasteiger partial charge in [-0.05, 0) is 18.7 Å². The van der Waals surface area contributed by atoms with Crippen molar-refractivity contribution in [3.8, 4) is 0 Å².